The number of nitrogens with one attached hydrogen (secondary N) is 2. The van der Waals surface area contributed by atoms with E-state index in [1.54, 1.807) is 18.2 Å². The van der Waals surface area contributed by atoms with Gasteiger partial charge in [-0.25, -0.2) is 13.1 Å². The van der Waals surface area contributed by atoms with Crippen molar-refractivity contribution < 1.29 is 8.42 Å². The number of sulfonamides is 1. The van der Waals surface area contributed by atoms with Crippen LogP contribution in [0, 0.1) is 5.41 Å². The summed E-state index contributed by atoms with van der Waals surface area (Å²) < 4.78 is 27.5. The van der Waals surface area contributed by atoms with Crippen molar-refractivity contribution in [3.05, 3.63) is 24.3 Å². The summed E-state index contributed by atoms with van der Waals surface area (Å²) in [5.41, 5.74) is 6.28. The molecule has 4 N–H and O–H groups in total. The number of anilines is 1. The molecule has 0 saturated heterocycles. The summed E-state index contributed by atoms with van der Waals surface area (Å²) in [4.78, 5) is 0.320. The Morgan fingerprint density at radius 1 is 1.29 bits per heavy atom. The first-order valence-electron chi connectivity index (χ1n) is 7.39. The zero-order valence-corrected chi connectivity index (χ0v) is 13.5. The lowest BCUT2D eigenvalue weighted by Crippen LogP contribution is -2.29. The van der Waals surface area contributed by atoms with Gasteiger partial charge in [-0.2, -0.15) is 0 Å². The molecule has 2 rings (SSSR count). The van der Waals surface area contributed by atoms with E-state index in [0.29, 0.717) is 23.7 Å². The van der Waals surface area contributed by atoms with Crippen LogP contribution in [0.15, 0.2) is 29.2 Å². The van der Waals surface area contributed by atoms with Gasteiger partial charge in [0.1, 0.15) is 4.90 Å². The van der Waals surface area contributed by atoms with Gasteiger partial charge in [-0.05, 0) is 43.4 Å². The Balaban J connectivity index is 2.13. The summed E-state index contributed by atoms with van der Waals surface area (Å²) in [5.74, 6) is 0. The van der Waals surface area contributed by atoms with Crippen molar-refractivity contribution in [3.8, 4) is 0 Å². The number of benzene rings is 1. The first-order valence-corrected chi connectivity index (χ1v) is 8.88. The first-order chi connectivity index (χ1) is 9.84. The van der Waals surface area contributed by atoms with Crippen LogP contribution in [0.25, 0.3) is 0 Å². The molecule has 0 spiro atoms. The minimum Gasteiger partial charge on any atom is -0.383 e. The van der Waals surface area contributed by atoms with Crippen LogP contribution in [0.3, 0.4) is 0 Å². The number of rotatable bonds is 8. The van der Waals surface area contributed by atoms with E-state index in [0.717, 1.165) is 19.3 Å². The minimum atomic E-state index is -3.44. The highest BCUT2D eigenvalue weighted by atomic mass is 32.2. The van der Waals surface area contributed by atoms with Gasteiger partial charge in [0, 0.05) is 12.6 Å². The Morgan fingerprint density at radius 3 is 2.57 bits per heavy atom. The molecule has 0 aromatic heterocycles. The van der Waals surface area contributed by atoms with E-state index in [1.165, 1.54) is 0 Å². The number of hydrogen-bond acceptors (Lipinski definition) is 4. The second-order valence-corrected chi connectivity index (χ2v) is 8.13. The van der Waals surface area contributed by atoms with Crippen LogP contribution in [0.2, 0.25) is 0 Å². The van der Waals surface area contributed by atoms with Gasteiger partial charge in [-0.1, -0.05) is 26.0 Å². The van der Waals surface area contributed by atoms with Crippen molar-refractivity contribution >= 4 is 15.7 Å². The molecule has 1 aromatic rings. The van der Waals surface area contributed by atoms with Crippen LogP contribution in [-0.4, -0.2) is 27.5 Å². The maximum atomic E-state index is 12.4. The average molecular weight is 311 g/mol. The molecular formula is C15H25N3O2S. The molecule has 0 unspecified atom stereocenters. The van der Waals surface area contributed by atoms with Crippen molar-refractivity contribution in [2.75, 3.05) is 18.4 Å². The van der Waals surface area contributed by atoms with Crippen LogP contribution >= 0.6 is 0 Å². The van der Waals surface area contributed by atoms with Crippen LogP contribution in [0.4, 0.5) is 5.69 Å². The maximum absolute atomic E-state index is 12.4. The second-order valence-electron chi connectivity index (χ2n) is 6.45. The van der Waals surface area contributed by atoms with Gasteiger partial charge in [0.25, 0.3) is 0 Å². The van der Waals surface area contributed by atoms with Gasteiger partial charge in [0.05, 0.1) is 5.69 Å². The Kier molecular flexibility index (Phi) is 4.91. The zero-order valence-electron chi connectivity index (χ0n) is 12.7. The molecular weight excluding hydrogens is 286 g/mol. The highest BCUT2D eigenvalue weighted by molar-refractivity contribution is 7.89. The highest BCUT2D eigenvalue weighted by Gasteiger charge is 2.29. The fraction of sp³-hybridized carbons (Fsp3) is 0.600. The van der Waals surface area contributed by atoms with E-state index in [1.807, 2.05) is 6.07 Å². The van der Waals surface area contributed by atoms with Crippen molar-refractivity contribution in [1.29, 1.82) is 0 Å². The fourth-order valence-corrected chi connectivity index (χ4v) is 3.63. The van der Waals surface area contributed by atoms with E-state index in [4.69, 9.17) is 5.73 Å². The summed E-state index contributed by atoms with van der Waals surface area (Å²) in [6.45, 7) is 5.54. The topological polar surface area (TPSA) is 84.2 Å². The van der Waals surface area contributed by atoms with Crippen LogP contribution in [0.5, 0.6) is 0 Å². The largest absolute Gasteiger partial charge is 0.383 e. The Hall–Kier alpha value is -1.11. The number of para-hydroxylation sites is 1. The first kappa shape index (κ1) is 16.3. The lowest BCUT2D eigenvalue weighted by molar-refractivity contribution is 0.365. The second kappa shape index (κ2) is 6.34. The maximum Gasteiger partial charge on any atom is 0.242 e. The third-order valence-electron chi connectivity index (χ3n) is 3.65. The number of nitrogens with two attached hydrogens (primary N) is 1. The monoisotopic (exact) mass is 311 g/mol. The predicted octanol–water partition coefficient (Wildman–Crippen LogP) is 1.91. The van der Waals surface area contributed by atoms with E-state index in [-0.39, 0.29) is 11.5 Å². The molecule has 1 aromatic carbocycles. The van der Waals surface area contributed by atoms with Gasteiger partial charge < -0.3 is 11.1 Å². The molecule has 1 saturated carbocycles. The van der Waals surface area contributed by atoms with Crippen molar-refractivity contribution in [1.82, 2.24) is 4.72 Å². The van der Waals surface area contributed by atoms with Crippen molar-refractivity contribution in [3.63, 3.8) is 0 Å². The molecule has 6 heteroatoms. The molecule has 118 valence electrons. The molecule has 0 radical (unpaired) electrons. The van der Waals surface area contributed by atoms with Gasteiger partial charge in [0.15, 0.2) is 0 Å². The summed E-state index contributed by atoms with van der Waals surface area (Å²) >= 11 is 0. The Bertz CT molecular complexity index is 580. The Labute approximate surface area is 127 Å². The van der Waals surface area contributed by atoms with Crippen molar-refractivity contribution in [2.24, 2.45) is 11.1 Å². The third-order valence-corrected chi connectivity index (χ3v) is 5.23. The SMILES string of the molecule is CC(C)(CCN)CNc1ccccc1S(=O)(=O)NC1CC1. The van der Waals surface area contributed by atoms with Gasteiger partial charge in [0.2, 0.25) is 10.0 Å². The molecule has 1 fully saturated rings. The molecule has 0 amide bonds. The summed E-state index contributed by atoms with van der Waals surface area (Å²) in [7, 11) is -3.44. The van der Waals surface area contributed by atoms with E-state index < -0.39 is 10.0 Å². The molecule has 0 aliphatic heterocycles. The molecule has 1 aliphatic rings. The number of hydrogen-bond donors (Lipinski definition) is 3. The predicted molar refractivity (Wildman–Crippen MR) is 85.7 cm³/mol. The van der Waals surface area contributed by atoms with Gasteiger partial charge in [-0.3, -0.25) is 0 Å². The summed E-state index contributed by atoms with van der Waals surface area (Å²) in [6, 6.07) is 7.14. The Morgan fingerprint density at radius 2 is 1.95 bits per heavy atom. The molecule has 5 nitrogen and oxygen atoms in total. The van der Waals surface area contributed by atoms with Crippen LogP contribution in [0.1, 0.15) is 33.1 Å². The van der Waals surface area contributed by atoms with Gasteiger partial charge >= 0.3 is 0 Å². The highest BCUT2D eigenvalue weighted by Crippen LogP contribution is 2.27. The van der Waals surface area contributed by atoms with Crippen molar-refractivity contribution in [2.45, 2.75) is 44.0 Å². The van der Waals surface area contributed by atoms with Gasteiger partial charge in [-0.15, -0.1) is 0 Å². The lowest BCUT2D eigenvalue weighted by Gasteiger charge is -2.25. The molecule has 0 atom stereocenters. The molecule has 21 heavy (non-hydrogen) atoms. The molecule has 0 bridgehead atoms. The normalized spacial score (nSPS) is 16.0. The lowest BCUT2D eigenvalue weighted by atomic mass is 9.89. The fourth-order valence-electron chi connectivity index (χ4n) is 2.14. The third kappa shape index (κ3) is 4.69. The molecule has 1 aliphatic carbocycles. The summed E-state index contributed by atoms with van der Waals surface area (Å²) in [5, 5.41) is 3.26. The van der Waals surface area contributed by atoms with E-state index >= 15 is 0 Å². The van der Waals surface area contributed by atoms with Crippen LogP contribution in [-0.2, 0) is 10.0 Å². The van der Waals surface area contributed by atoms with Crippen LogP contribution < -0.4 is 15.8 Å². The van der Waals surface area contributed by atoms with E-state index in [2.05, 4.69) is 23.9 Å². The molecule has 0 heterocycles. The minimum absolute atomic E-state index is 0.0234. The standard InChI is InChI=1S/C15H25N3O2S/c1-15(2,9-10-16)11-17-13-5-3-4-6-14(13)21(19,20)18-12-7-8-12/h3-6,12,17-18H,7-11,16H2,1-2H3. The smallest absolute Gasteiger partial charge is 0.242 e. The quantitative estimate of drug-likeness (QED) is 0.685. The zero-order chi connectivity index (χ0) is 15.5. The van der Waals surface area contributed by atoms with E-state index in [9.17, 15) is 8.42 Å². The summed E-state index contributed by atoms with van der Waals surface area (Å²) in [6.07, 6.45) is 2.74. The average Bonchev–Trinajstić information content (AvgIpc) is 3.20.